The van der Waals surface area contributed by atoms with Crippen LogP contribution in [0.25, 0.3) is 10.9 Å². The standard InChI is InChI=1S/C15H21NO/c1-10-7-8-11(2)15-14(10)13(6-5-9-17)12(3)16(15)4/h7-8,17H,5-6,9H2,1-4H3. The molecule has 0 spiro atoms. The monoisotopic (exact) mass is 231 g/mol. The number of aromatic nitrogens is 1. The van der Waals surface area contributed by atoms with Crippen molar-refractivity contribution in [2.75, 3.05) is 6.61 Å². The van der Waals surface area contributed by atoms with Crippen molar-refractivity contribution in [1.82, 2.24) is 4.57 Å². The average Bonchev–Trinajstić information content (AvgIpc) is 2.56. The molecular formula is C15H21NO. The molecule has 0 unspecified atom stereocenters. The molecular weight excluding hydrogens is 210 g/mol. The molecule has 1 aromatic carbocycles. The second-order valence-electron chi connectivity index (χ2n) is 4.87. The Bertz CT molecular complexity index is 552. The van der Waals surface area contributed by atoms with Crippen molar-refractivity contribution in [3.05, 3.63) is 34.5 Å². The van der Waals surface area contributed by atoms with E-state index in [4.69, 9.17) is 5.11 Å². The molecule has 0 fully saturated rings. The first-order chi connectivity index (χ1) is 8.07. The van der Waals surface area contributed by atoms with E-state index in [1.54, 1.807) is 0 Å². The third-order valence-corrected chi connectivity index (χ3v) is 3.75. The second kappa shape index (κ2) is 4.53. The first-order valence-electron chi connectivity index (χ1n) is 6.22. The van der Waals surface area contributed by atoms with Gasteiger partial charge in [-0.05, 0) is 50.3 Å². The van der Waals surface area contributed by atoms with Crippen LogP contribution in [0.3, 0.4) is 0 Å². The summed E-state index contributed by atoms with van der Waals surface area (Å²) in [5.74, 6) is 0. The molecule has 0 saturated heterocycles. The quantitative estimate of drug-likeness (QED) is 0.863. The molecule has 0 radical (unpaired) electrons. The molecule has 1 N–H and O–H groups in total. The number of aliphatic hydroxyl groups excluding tert-OH is 1. The van der Waals surface area contributed by atoms with Crippen LogP contribution in [0.15, 0.2) is 12.1 Å². The smallest absolute Gasteiger partial charge is 0.0515 e. The van der Waals surface area contributed by atoms with E-state index in [1.165, 1.54) is 33.3 Å². The molecule has 0 bridgehead atoms. The lowest BCUT2D eigenvalue weighted by molar-refractivity contribution is 0.288. The van der Waals surface area contributed by atoms with E-state index in [2.05, 4.69) is 44.5 Å². The Morgan fingerprint density at radius 1 is 1.12 bits per heavy atom. The lowest BCUT2D eigenvalue weighted by atomic mass is 10.0. The van der Waals surface area contributed by atoms with E-state index in [0.717, 1.165) is 12.8 Å². The van der Waals surface area contributed by atoms with Gasteiger partial charge in [0.1, 0.15) is 0 Å². The van der Waals surface area contributed by atoms with Crippen LogP contribution in [0.2, 0.25) is 0 Å². The van der Waals surface area contributed by atoms with Crippen LogP contribution in [-0.4, -0.2) is 16.3 Å². The predicted octanol–water partition coefficient (Wildman–Crippen LogP) is 3.03. The Kier molecular flexibility index (Phi) is 3.25. The summed E-state index contributed by atoms with van der Waals surface area (Å²) in [5, 5.41) is 10.4. The highest BCUT2D eigenvalue weighted by Crippen LogP contribution is 2.31. The highest BCUT2D eigenvalue weighted by molar-refractivity contribution is 5.90. The minimum atomic E-state index is 0.265. The number of nitrogens with zero attached hydrogens (tertiary/aromatic N) is 1. The normalized spacial score (nSPS) is 11.4. The van der Waals surface area contributed by atoms with Crippen molar-refractivity contribution < 1.29 is 5.11 Å². The minimum absolute atomic E-state index is 0.265. The molecule has 0 atom stereocenters. The first-order valence-corrected chi connectivity index (χ1v) is 6.22. The molecule has 0 saturated carbocycles. The van der Waals surface area contributed by atoms with E-state index < -0.39 is 0 Å². The predicted molar refractivity (Wildman–Crippen MR) is 72.5 cm³/mol. The SMILES string of the molecule is Cc1ccc(C)c2c1c(CCCO)c(C)n2C. The fourth-order valence-corrected chi connectivity index (χ4v) is 2.72. The molecule has 1 heterocycles. The number of aryl methyl sites for hydroxylation is 4. The summed E-state index contributed by atoms with van der Waals surface area (Å²) < 4.78 is 2.28. The molecule has 17 heavy (non-hydrogen) atoms. The molecule has 2 nitrogen and oxygen atoms in total. The summed E-state index contributed by atoms with van der Waals surface area (Å²) in [6, 6.07) is 4.38. The fraction of sp³-hybridized carbons (Fsp3) is 0.467. The molecule has 0 aliphatic carbocycles. The summed E-state index contributed by atoms with van der Waals surface area (Å²) in [6.07, 6.45) is 1.80. The van der Waals surface area contributed by atoms with E-state index in [9.17, 15) is 0 Å². The van der Waals surface area contributed by atoms with Gasteiger partial charge in [-0.1, -0.05) is 12.1 Å². The summed E-state index contributed by atoms with van der Waals surface area (Å²) in [5.41, 5.74) is 6.73. The van der Waals surface area contributed by atoms with E-state index >= 15 is 0 Å². The highest BCUT2D eigenvalue weighted by atomic mass is 16.2. The number of hydrogen-bond acceptors (Lipinski definition) is 1. The summed E-state index contributed by atoms with van der Waals surface area (Å²) in [6.45, 7) is 6.77. The van der Waals surface area contributed by atoms with Crippen LogP contribution in [0.5, 0.6) is 0 Å². The van der Waals surface area contributed by atoms with Gasteiger partial charge in [-0.15, -0.1) is 0 Å². The van der Waals surface area contributed by atoms with Gasteiger partial charge in [0.25, 0.3) is 0 Å². The minimum Gasteiger partial charge on any atom is -0.396 e. The molecule has 0 aliphatic rings. The molecule has 2 rings (SSSR count). The first kappa shape index (κ1) is 12.2. The van der Waals surface area contributed by atoms with Gasteiger partial charge in [0.05, 0.1) is 5.52 Å². The van der Waals surface area contributed by atoms with Gasteiger partial charge in [0.15, 0.2) is 0 Å². The number of aliphatic hydroxyl groups is 1. The van der Waals surface area contributed by atoms with Crippen LogP contribution in [0.1, 0.15) is 28.8 Å². The zero-order valence-corrected chi connectivity index (χ0v) is 11.2. The van der Waals surface area contributed by atoms with E-state index in [0.29, 0.717) is 0 Å². The van der Waals surface area contributed by atoms with Crippen molar-refractivity contribution in [2.45, 2.75) is 33.6 Å². The lowest BCUT2D eigenvalue weighted by Gasteiger charge is -2.04. The van der Waals surface area contributed by atoms with Crippen LogP contribution in [0, 0.1) is 20.8 Å². The number of rotatable bonds is 3. The molecule has 0 amide bonds. The van der Waals surface area contributed by atoms with Gasteiger partial charge in [-0.2, -0.15) is 0 Å². The largest absolute Gasteiger partial charge is 0.396 e. The lowest BCUT2D eigenvalue weighted by Crippen LogP contribution is -1.94. The Balaban J connectivity index is 2.74. The topological polar surface area (TPSA) is 25.2 Å². The average molecular weight is 231 g/mol. The van der Waals surface area contributed by atoms with Gasteiger partial charge in [-0.25, -0.2) is 0 Å². The van der Waals surface area contributed by atoms with Crippen molar-refractivity contribution in [2.24, 2.45) is 7.05 Å². The Labute approximate surface area is 103 Å². The van der Waals surface area contributed by atoms with Crippen molar-refractivity contribution in [3.63, 3.8) is 0 Å². The van der Waals surface area contributed by atoms with Crippen molar-refractivity contribution in [1.29, 1.82) is 0 Å². The maximum atomic E-state index is 9.01. The number of benzene rings is 1. The molecule has 0 aliphatic heterocycles. The molecule has 1 aromatic heterocycles. The summed E-state index contributed by atoms with van der Waals surface area (Å²) in [4.78, 5) is 0. The van der Waals surface area contributed by atoms with Gasteiger partial charge >= 0.3 is 0 Å². The number of hydrogen-bond donors (Lipinski definition) is 1. The summed E-state index contributed by atoms with van der Waals surface area (Å²) >= 11 is 0. The Morgan fingerprint density at radius 3 is 2.41 bits per heavy atom. The molecule has 2 heteroatoms. The Hall–Kier alpha value is -1.28. The zero-order chi connectivity index (χ0) is 12.6. The highest BCUT2D eigenvalue weighted by Gasteiger charge is 2.14. The maximum absolute atomic E-state index is 9.01. The van der Waals surface area contributed by atoms with Crippen molar-refractivity contribution in [3.8, 4) is 0 Å². The van der Waals surface area contributed by atoms with Gasteiger partial charge in [0, 0.05) is 24.7 Å². The Morgan fingerprint density at radius 2 is 1.76 bits per heavy atom. The third kappa shape index (κ3) is 1.87. The van der Waals surface area contributed by atoms with Gasteiger partial charge in [0.2, 0.25) is 0 Å². The van der Waals surface area contributed by atoms with E-state index in [-0.39, 0.29) is 6.61 Å². The maximum Gasteiger partial charge on any atom is 0.0515 e. The third-order valence-electron chi connectivity index (χ3n) is 3.75. The van der Waals surface area contributed by atoms with Crippen LogP contribution in [-0.2, 0) is 13.5 Å². The van der Waals surface area contributed by atoms with Gasteiger partial charge < -0.3 is 9.67 Å². The van der Waals surface area contributed by atoms with E-state index in [1.807, 2.05) is 0 Å². The number of fused-ring (bicyclic) bond motifs is 1. The van der Waals surface area contributed by atoms with Crippen LogP contribution >= 0.6 is 0 Å². The van der Waals surface area contributed by atoms with Gasteiger partial charge in [-0.3, -0.25) is 0 Å². The molecule has 2 aromatic rings. The molecule has 92 valence electrons. The van der Waals surface area contributed by atoms with Crippen LogP contribution in [0.4, 0.5) is 0 Å². The zero-order valence-electron chi connectivity index (χ0n) is 11.2. The second-order valence-corrected chi connectivity index (χ2v) is 4.87. The van der Waals surface area contributed by atoms with Crippen LogP contribution < -0.4 is 0 Å². The van der Waals surface area contributed by atoms with Crippen molar-refractivity contribution >= 4 is 10.9 Å². The fourth-order valence-electron chi connectivity index (χ4n) is 2.72. The summed E-state index contributed by atoms with van der Waals surface area (Å²) in [7, 11) is 2.13.